The van der Waals surface area contributed by atoms with Crippen LogP contribution in [0.4, 0.5) is 10.5 Å². The molecule has 1 fully saturated rings. The summed E-state index contributed by atoms with van der Waals surface area (Å²) in [4.78, 5) is 26.0. The van der Waals surface area contributed by atoms with Gasteiger partial charge in [-0.05, 0) is 44.9 Å². The number of amides is 3. The van der Waals surface area contributed by atoms with E-state index in [-0.39, 0.29) is 23.9 Å². The number of carbonyl (C=O) groups excluding carboxylic acids is 2. The quantitative estimate of drug-likeness (QED) is 0.864. The second-order valence-corrected chi connectivity index (χ2v) is 6.80. The molecule has 1 aromatic rings. The first kappa shape index (κ1) is 17.9. The molecule has 1 aromatic carbocycles. The van der Waals surface area contributed by atoms with Gasteiger partial charge in [-0.1, -0.05) is 23.2 Å². The van der Waals surface area contributed by atoms with Gasteiger partial charge in [0.05, 0.1) is 10.0 Å². The summed E-state index contributed by atoms with van der Waals surface area (Å²) in [6, 6.07) is 5.05. The average Bonchev–Trinajstić information content (AvgIpc) is 2.50. The van der Waals surface area contributed by atoms with E-state index in [4.69, 9.17) is 23.2 Å². The Hall–Kier alpha value is -1.46. The lowest BCUT2D eigenvalue weighted by atomic mass is 9.96. The summed E-state index contributed by atoms with van der Waals surface area (Å²) in [6.45, 7) is 5.01. The van der Waals surface area contributed by atoms with E-state index in [9.17, 15) is 9.59 Å². The molecule has 0 unspecified atom stereocenters. The number of nitrogens with one attached hydrogen (secondary N) is 2. The Morgan fingerprint density at radius 2 is 1.83 bits per heavy atom. The summed E-state index contributed by atoms with van der Waals surface area (Å²) in [5.74, 6) is -0.153. The van der Waals surface area contributed by atoms with E-state index in [0.717, 1.165) is 0 Å². The van der Waals surface area contributed by atoms with Crippen LogP contribution in [0.3, 0.4) is 0 Å². The van der Waals surface area contributed by atoms with Gasteiger partial charge < -0.3 is 15.5 Å². The van der Waals surface area contributed by atoms with Crippen LogP contribution in [0.15, 0.2) is 18.2 Å². The first-order valence-electron chi connectivity index (χ1n) is 7.68. The van der Waals surface area contributed by atoms with E-state index in [1.54, 1.807) is 23.1 Å². The molecule has 2 N–H and O–H groups in total. The molecule has 0 saturated carbocycles. The Labute approximate surface area is 146 Å². The molecule has 3 amide bonds. The zero-order valence-corrected chi connectivity index (χ0v) is 14.7. The Morgan fingerprint density at radius 3 is 2.39 bits per heavy atom. The molecule has 2 rings (SSSR count). The molecule has 0 atom stereocenters. The Morgan fingerprint density at radius 1 is 1.17 bits per heavy atom. The van der Waals surface area contributed by atoms with Crippen molar-refractivity contribution in [3.8, 4) is 0 Å². The van der Waals surface area contributed by atoms with Gasteiger partial charge in [-0.2, -0.15) is 0 Å². The lowest BCUT2D eigenvalue weighted by molar-refractivity contribution is -0.121. The summed E-state index contributed by atoms with van der Waals surface area (Å²) in [7, 11) is 0. The van der Waals surface area contributed by atoms with Crippen molar-refractivity contribution >= 4 is 40.8 Å². The zero-order valence-electron chi connectivity index (χ0n) is 13.2. The SMILES string of the molecule is CC(C)NC(=O)N1CCC(C(=O)Nc2ccc(Cl)c(Cl)c2)CC1. The number of carbonyl (C=O) groups is 2. The Bertz CT molecular complexity index is 585. The van der Waals surface area contributed by atoms with Crippen LogP contribution in [-0.2, 0) is 4.79 Å². The normalized spacial score (nSPS) is 15.6. The first-order valence-corrected chi connectivity index (χ1v) is 8.43. The van der Waals surface area contributed by atoms with Crippen molar-refractivity contribution < 1.29 is 9.59 Å². The van der Waals surface area contributed by atoms with E-state index in [1.807, 2.05) is 13.8 Å². The van der Waals surface area contributed by atoms with E-state index in [1.165, 1.54) is 0 Å². The monoisotopic (exact) mass is 357 g/mol. The van der Waals surface area contributed by atoms with E-state index >= 15 is 0 Å². The second-order valence-electron chi connectivity index (χ2n) is 5.98. The van der Waals surface area contributed by atoms with Crippen LogP contribution < -0.4 is 10.6 Å². The van der Waals surface area contributed by atoms with E-state index < -0.39 is 0 Å². The number of nitrogens with zero attached hydrogens (tertiary/aromatic N) is 1. The van der Waals surface area contributed by atoms with E-state index in [0.29, 0.717) is 41.7 Å². The van der Waals surface area contributed by atoms with Crippen LogP contribution in [-0.4, -0.2) is 36.0 Å². The molecular formula is C16H21Cl2N3O2. The Balaban J connectivity index is 1.86. The van der Waals surface area contributed by atoms with Crippen LogP contribution in [0.5, 0.6) is 0 Å². The summed E-state index contributed by atoms with van der Waals surface area (Å²) in [6.07, 6.45) is 1.30. The van der Waals surface area contributed by atoms with Gasteiger partial charge in [-0.3, -0.25) is 4.79 Å². The lowest BCUT2D eigenvalue weighted by Gasteiger charge is -2.32. The lowest BCUT2D eigenvalue weighted by Crippen LogP contribution is -2.47. The molecule has 5 nitrogen and oxygen atoms in total. The standard InChI is InChI=1S/C16H21Cl2N3O2/c1-10(2)19-16(23)21-7-5-11(6-8-21)15(22)20-12-3-4-13(17)14(18)9-12/h3-4,9-11H,5-8H2,1-2H3,(H,19,23)(H,20,22). The van der Waals surface area contributed by atoms with Crippen molar-refractivity contribution in [1.82, 2.24) is 10.2 Å². The van der Waals surface area contributed by atoms with Gasteiger partial charge in [-0.25, -0.2) is 4.79 Å². The number of piperidine rings is 1. The minimum absolute atomic E-state index is 0.0488. The smallest absolute Gasteiger partial charge is 0.317 e. The number of urea groups is 1. The maximum Gasteiger partial charge on any atom is 0.317 e. The van der Waals surface area contributed by atoms with Gasteiger partial charge in [0.25, 0.3) is 0 Å². The van der Waals surface area contributed by atoms with Gasteiger partial charge in [0, 0.05) is 30.7 Å². The predicted molar refractivity (Wildman–Crippen MR) is 93.1 cm³/mol. The number of likely N-dealkylation sites (tertiary alicyclic amines) is 1. The maximum atomic E-state index is 12.3. The summed E-state index contributed by atoms with van der Waals surface area (Å²) >= 11 is 11.8. The molecule has 7 heteroatoms. The van der Waals surface area contributed by atoms with Gasteiger partial charge >= 0.3 is 6.03 Å². The molecule has 1 saturated heterocycles. The summed E-state index contributed by atoms with van der Waals surface area (Å²) < 4.78 is 0. The second kappa shape index (κ2) is 7.88. The number of halogens is 2. The molecule has 1 heterocycles. The van der Waals surface area contributed by atoms with E-state index in [2.05, 4.69) is 10.6 Å². The van der Waals surface area contributed by atoms with Crippen LogP contribution in [0.1, 0.15) is 26.7 Å². The van der Waals surface area contributed by atoms with Crippen LogP contribution in [0.25, 0.3) is 0 Å². The van der Waals surface area contributed by atoms with Gasteiger partial charge in [0.2, 0.25) is 5.91 Å². The van der Waals surface area contributed by atoms with Gasteiger partial charge in [0.1, 0.15) is 0 Å². The fourth-order valence-corrected chi connectivity index (χ4v) is 2.80. The number of rotatable bonds is 3. The first-order chi connectivity index (χ1) is 10.9. The molecule has 1 aliphatic rings. The molecule has 0 aromatic heterocycles. The van der Waals surface area contributed by atoms with Crippen molar-refractivity contribution in [3.05, 3.63) is 28.2 Å². The minimum Gasteiger partial charge on any atom is -0.336 e. The number of hydrogen-bond acceptors (Lipinski definition) is 2. The third-order valence-corrected chi connectivity index (χ3v) is 4.49. The van der Waals surface area contributed by atoms with Crippen LogP contribution in [0, 0.1) is 5.92 Å². The average molecular weight is 358 g/mol. The minimum atomic E-state index is -0.104. The zero-order chi connectivity index (χ0) is 17.0. The maximum absolute atomic E-state index is 12.3. The molecule has 0 radical (unpaired) electrons. The number of hydrogen-bond donors (Lipinski definition) is 2. The highest BCUT2D eigenvalue weighted by molar-refractivity contribution is 6.42. The van der Waals surface area contributed by atoms with Crippen molar-refractivity contribution in [2.24, 2.45) is 5.92 Å². The van der Waals surface area contributed by atoms with Crippen molar-refractivity contribution in [1.29, 1.82) is 0 Å². The highest BCUT2D eigenvalue weighted by Crippen LogP contribution is 2.26. The number of benzene rings is 1. The molecule has 0 bridgehead atoms. The fourth-order valence-electron chi connectivity index (χ4n) is 2.50. The Kier molecular flexibility index (Phi) is 6.13. The van der Waals surface area contributed by atoms with Crippen molar-refractivity contribution in [2.75, 3.05) is 18.4 Å². The highest BCUT2D eigenvalue weighted by atomic mass is 35.5. The molecular weight excluding hydrogens is 337 g/mol. The van der Waals surface area contributed by atoms with Gasteiger partial charge in [-0.15, -0.1) is 0 Å². The predicted octanol–water partition coefficient (Wildman–Crippen LogP) is 3.76. The van der Waals surface area contributed by atoms with Crippen molar-refractivity contribution in [3.63, 3.8) is 0 Å². The third-order valence-electron chi connectivity index (χ3n) is 3.75. The topological polar surface area (TPSA) is 61.4 Å². The molecule has 23 heavy (non-hydrogen) atoms. The van der Waals surface area contributed by atoms with Crippen LogP contribution >= 0.6 is 23.2 Å². The third kappa shape index (κ3) is 5.01. The largest absolute Gasteiger partial charge is 0.336 e. The van der Waals surface area contributed by atoms with Crippen LogP contribution in [0.2, 0.25) is 10.0 Å². The molecule has 0 aliphatic carbocycles. The molecule has 126 valence electrons. The summed E-state index contributed by atoms with van der Waals surface area (Å²) in [5, 5.41) is 6.58. The molecule has 1 aliphatic heterocycles. The summed E-state index contributed by atoms with van der Waals surface area (Å²) in [5.41, 5.74) is 0.629. The van der Waals surface area contributed by atoms with Gasteiger partial charge in [0.15, 0.2) is 0 Å². The molecule has 0 spiro atoms. The van der Waals surface area contributed by atoms with Crippen molar-refractivity contribution in [2.45, 2.75) is 32.7 Å². The highest BCUT2D eigenvalue weighted by Gasteiger charge is 2.27. The fraction of sp³-hybridized carbons (Fsp3) is 0.500. The number of anilines is 1.